The summed E-state index contributed by atoms with van der Waals surface area (Å²) in [4.78, 5) is 36.4. The average molecular weight is 479 g/mol. The van der Waals surface area contributed by atoms with Crippen LogP contribution in [0.15, 0.2) is 60.7 Å². The fourth-order valence-corrected chi connectivity index (χ4v) is 4.98. The highest BCUT2D eigenvalue weighted by Crippen LogP contribution is 2.29. The first-order chi connectivity index (χ1) is 17.1. The molecule has 186 valence electrons. The molecule has 5 rings (SSSR count). The molecule has 0 radical (unpaired) electrons. The molecule has 0 bridgehead atoms. The zero-order valence-electron chi connectivity index (χ0n) is 20.1. The van der Waals surface area contributed by atoms with Crippen LogP contribution >= 0.6 is 0 Å². The number of carbonyl (C=O) groups excluding carboxylic acids is 3. The van der Waals surface area contributed by atoms with E-state index >= 15 is 0 Å². The van der Waals surface area contributed by atoms with Gasteiger partial charge in [0.25, 0.3) is 0 Å². The molecule has 1 aliphatic carbocycles. The molecule has 0 unspecified atom stereocenters. The highest BCUT2D eigenvalue weighted by molar-refractivity contribution is 5.93. The van der Waals surface area contributed by atoms with Crippen LogP contribution in [0, 0.1) is 5.92 Å². The van der Waals surface area contributed by atoms with Crippen molar-refractivity contribution in [3.63, 3.8) is 0 Å². The maximum absolute atomic E-state index is 12.4. The SMILES string of the molecule is O=C(CCC1CCCC1)N1C(=O)OC[C@@H]1Cc1ccccc1.O=C1N[C@@H](Cc2ccccc2)CO1. The van der Waals surface area contributed by atoms with Gasteiger partial charge in [-0.3, -0.25) is 4.79 Å². The predicted octanol–water partition coefficient (Wildman–Crippen LogP) is 4.88. The van der Waals surface area contributed by atoms with Gasteiger partial charge in [-0.15, -0.1) is 0 Å². The van der Waals surface area contributed by atoms with Gasteiger partial charge in [0, 0.05) is 6.42 Å². The van der Waals surface area contributed by atoms with Gasteiger partial charge in [0.15, 0.2) is 0 Å². The van der Waals surface area contributed by atoms with E-state index < -0.39 is 6.09 Å². The molecule has 2 heterocycles. The number of carbonyl (C=O) groups is 3. The molecule has 2 aliphatic heterocycles. The van der Waals surface area contributed by atoms with Crippen molar-refractivity contribution in [2.24, 2.45) is 5.92 Å². The molecule has 7 heteroatoms. The maximum Gasteiger partial charge on any atom is 0.416 e. The van der Waals surface area contributed by atoms with Crippen molar-refractivity contribution >= 4 is 18.1 Å². The molecule has 1 saturated carbocycles. The van der Waals surface area contributed by atoms with E-state index in [0.717, 1.165) is 18.4 Å². The Hall–Kier alpha value is -3.35. The smallest absolute Gasteiger partial charge is 0.416 e. The van der Waals surface area contributed by atoms with E-state index in [0.29, 0.717) is 32.0 Å². The van der Waals surface area contributed by atoms with Crippen LogP contribution in [0.2, 0.25) is 0 Å². The van der Waals surface area contributed by atoms with Crippen LogP contribution < -0.4 is 5.32 Å². The molecule has 0 spiro atoms. The molecular formula is C28H34N2O5. The van der Waals surface area contributed by atoms with Gasteiger partial charge in [-0.2, -0.15) is 0 Å². The number of amides is 3. The van der Waals surface area contributed by atoms with Crippen molar-refractivity contribution in [1.29, 1.82) is 0 Å². The fraction of sp³-hybridized carbons (Fsp3) is 0.464. The number of nitrogens with one attached hydrogen (secondary N) is 1. The lowest BCUT2D eigenvalue weighted by molar-refractivity contribution is -0.129. The number of benzene rings is 2. The van der Waals surface area contributed by atoms with Crippen LogP contribution in [0.4, 0.5) is 9.59 Å². The molecule has 7 nitrogen and oxygen atoms in total. The third kappa shape index (κ3) is 7.31. The molecule has 3 amide bonds. The van der Waals surface area contributed by atoms with Crippen molar-refractivity contribution in [2.45, 2.75) is 63.5 Å². The monoisotopic (exact) mass is 478 g/mol. The summed E-state index contributed by atoms with van der Waals surface area (Å²) in [7, 11) is 0. The minimum atomic E-state index is -0.475. The molecule has 2 aromatic rings. The third-order valence-corrected chi connectivity index (χ3v) is 6.85. The van der Waals surface area contributed by atoms with Gasteiger partial charge >= 0.3 is 12.2 Å². The fourth-order valence-electron chi connectivity index (χ4n) is 4.98. The van der Waals surface area contributed by atoms with Gasteiger partial charge in [0.1, 0.15) is 13.2 Å². The summed E-state index contributed by atoms with van der Waals surface area (Å²) < 4.78 is 9.90. The number of alkyl carbamates (subject to hydrolysis) is 1. The van der Waals surface area contributed by atoms with Gasteiger partial charge in [-0.05, 0) is 36.3 Å². The highest BCUT2D eigenvalue weighted by atomic mass is 16.6. The first kappa shape index (κ1) is 24.8. The molecular weight excluding hydrogens is 444 g/mol. The number of hydrogen-bond donors (Lipinski definition) is 1. The molecule has 2 aromatic carbocycles. The van der Waals surface area contributed by atoms with Crippen LogP contribution in [0.1, 0.15) is 49.7 Å². The first-order valence-electron chi connectivity index (χ1n) is 12.6. The molecule has 35 heavy (non-hydrogen) atoms. The van der Waals surface area contributed by atoms with Crippen molar-refractivity contribution in [3.8, 4) is 0 Å². The lowest BCUT2D eigenvalue weighted by atomic mass is 10.0. The minimum absolute atomic E-state index is 0.0738. The van der Waals surface area contributed by atoms with Gasteiger partial charge in [0.2, 0.25) is 5.91 Å². The Bertz CT molecular complexity index is 975. The Balaban J connectivity index is 0.000000189. The second-order valence-corrected chi connectivity index (χ2v) is 9.50. The Morgan fingerprint density at radius 3 is 2.09 bits per heavy atom. The molecule has 3 aliphatic rings. The largest absolute Gasteiger partial charge is 0.447 e. The van der Waals surface area contributed by atoms with Crippen LogP contribution in [0.5, 0.6) is 0 Å². The summed E-state index contributed by atoms with van der Waals surface area (Å²) >= 11 is 0. The highest BCUT2D eigenvalue weighted by Gasteiger charge is 2.37. The van der Waals surface area contributed by atoms with Gasteiger partial charge in [0.05, 0.1) is 12.1 Å². The van der Waals surface area contributed by atoms with Crippen LogP contribution in [0.3, 0.4) is 0 Å². The second kappa shape index (κ2) is 12.4. The third-order valence-electron chi connectivity index (χ3n) is 6.85. The summed E-state index contributed by atoms with van der Waals surface area (Å²) in [6, 6.07) is 20.0. The number of imide groups is 1. The van der Waals surface area contributed by atoms with Crippen molar-refractivity contribution in [1.82, 2.24) is 10.2 Å². The number of hydrogen-bond acceptors (Lipinski definition) is 5. The Kier molecular flexibility index (Phi) is 8.76. The van der Waals surface area contributed by atoms with E-state index in [4.69, 9.17) is 9.47 Å². The number of cyclic esters (lactones) is 2. The van der Waals surface area contributed by atoms with Gasteiger partial charge in [-0.1, -0.05) is 86.3 Å². The van der Waals surface area contributed by atoms with Crippen LogP contribution in [0.25, 0.3) is 0 Å². The number of nitrogens with zero attached hydrogens (tertiary/aromatic N) is 1. The van der Waals surface area contributed by atoms with E-state index in [1.807, 2.05) is 60.7 Å². The summed E-state index contributed by atoms with van der Waals surface area (Å²) in [5.41, 5.74) is 2.35. The Morgan fingerprint density at radius 2 is 1.49 bits per heavy atom. The van der Waals surface area contributed by atoms with Crippen LogP contribution in [-0.4, -0.2) is 48.3 Å². The average Bonchev–Trinajstić information content (AvgIpc) is 3.62. The van der Waals surface area contributed by atoms with Gasteiger partial charge < -0.3 is 14.8 Å². The zero-order chi connectivity index (χ0) is 24.5. The minimum Gasteiger partial charge on any atom is -0.447 e. The predicted molar refractivity (Wildman–Crippen MR) is 132 cm³/mol. The van der Waals surface area contributed by atoms with E-state index in [9.17, 15) is 14.4 Å². The first-order valence-corrected chi connectivity index (χ1v) is 12.6. The van der Waals surface area contributed by atoms with E-state index in [2.05, 4.69) is 5.32 Å². The van der Waals surface area contributed by atoms with Gasteiger partial charge in [-0.25, -0.2) is 14.5 Å². The Morgan fingerprint density at radius 1 is 0.857 bits per heavy atom. The molecule has 0 aromatic heterocycles. The Labute approximate surface area is 206 Å². The maximum atomic E-state index is 12.4. The lowest BCUT2D eigenvalue weighted by Gasteiger charge is -2.20. The van der Waals surface area contributed by atoms with Crippen molar-refractivity contribution < 1.29 is 23.9 Å². The van der Waals surface area contributed by atoms with E-state index in [1.54, 1.807) is 0 Å². The molecule has 1 N–H and O–H groups in total. The molecule has 2 saturated heterocycles. The van der Waals surface area contributed by atoms with Crippen molar-refractivity contribution in [2.75, 3.05) is 13.2 Å². The van der Waals surface area contributed by atoms with E-state index in [1.165, 1.54) is 36.1 Å². The number of ether oxygens (including phenoxy) is 2. The summed E-state index contributed by atoms with van der Waals surface area (Å²) in [6.45, 7) is 0.788. The lowest BCUT2D eigenvalue weighted by Crippen LogP contribution is -2.40. The standard InChI is InChI=1S/C18H23NO3.C10H11NO2/c20-17(11-10-14-6-4-5-7-14)19-16(13-22-18(19)21)12-15-8-2-1-3-9-15;12-10-11-9(7-13-10)6-8-4-2-1-3-5-8/h1-3,8-9,14,16H,4-7,10-13H2;1-5,9H,6-7H2,(H,11,12)/t16-;9-/m00/s1. The van der Waals surface area contributed by atoms with Crippen molar-refractivity contribution in [3.05, 3.63) is 71.8 Å². The summed E-state index contributed by atoms with van der Waals surface area (Å²) in [6.07, 6.45) is 7.11. The topological polar surface area (TPSA) is 84.9 Å². The normalized spacial score (nSPS) is 21.7. The number of rotatable bonds is 7. The van der Waals surface area contributed by atoms with E-state index in [-0.39, 0.29) is 24.1 Å². The summed E-state index contributed by atoms with van der Waals surface area (Å²) in [5.74, 6) is 0.588. The zero-order valence-corrected chi connectivity index (χ0v) is 20.1. The quantitative estimate of drug-likeness (QED) is 0.613. The van der Waals surface area contributed by atoms with Crippen LogP contribution in [-0.2, 0) is 27.1 Å². The summed E-state index contributed by atoms with van der Waals surface area (Å²) in [5, 5.41) is 2.74. The molecule has 3 fully saturated rings. The second-order valence-electron chi connectivity index (χ2n) is 9.50. The molecule has 2 atom stereocenters.